The molecule has 0 bridgehead atoms. The molecular formula is C11H18N2. The topological polar surface area (TPSA) is 38.0 Å². The van der Waals surface area contributed by atoms with Gasteiger partial charge in [0.1, 0.15) is 0 Å². The zero-order chi connectivity index (χ0) is 9.68. The van der Waals surface area contributed by atoms with E-state index in [2.05, 4.69) is 43.4 Å². The molecule has 0 saturated heterocycles. The van der Waals surface area contributed by atoms with Crippen molar-refractivity contribution in [2.24, 2.45) is 5.73 Å². The second-order valence-corrected chi connectivity index (χ2v) is 3.34. The molecule has 0 aliphatic heterocycles. The summed E-state index contributed by atoms with van der Waals surface area (Å²) in [6.45, 7) is 4.90. The standard InChI is InChI=1S/C11H18N2/c1-3-10-5-4-6-11(7-10)13-9(2)8-12/h4-7,9,13H,3,8,12H2,1-2H3. The highest BCUT2D eigenvalue weighted by molar-refractivity contribution is 5.46. The van der Waals surface area contributed by atoms with Crippen LogP contribution in [0.1, 0.15) is 19.4 Å². The van der Waals surface area contributed by atoms with Crippen LogP contribution < -0.4 is 11.1 Å². The fourth-order valence-electron chi connectivity index (χ4n) is 1.22. The van der Waals surface area contributed by atoms with Gasteiger partial charge in [-0.1, -0.05) is 19.1 Å². The lowest BCUT2D eigenvalue weighted by Gasteiger charge is -2.13. The molecule has 13 heavy (non-hydrogen) atoms. The molecule has 3 N–H and O–H groups in total. The van der Waals surface area contributed by atoms with Crippen molar-refractivity contribution in [2.45, 2.75) is 26.3 Å². The summed E-state index contributed by atoms with van der Waals surface area (Å²) in [5.41, 5.74) is 8.05. The number of aryl methyl sites for hydroxylation is 1. The Kier molecular flexibility index (Phi) is 3.77. The van der Waals surface area contributed by atoms with Gasteiger partial charge < -0.3 is 11.1 Å². The summed E-state index contributed by atoms with van der Waals surface area (Å²) >= 11 is 0. The molecule has 2 nitrogen and oxygen atoms in total. The van der Waals surface area contributed by atoms with Crippen molar-refractivity contribution in [3.05, 3.63) is 29.8 Å². The third kappa shape index (κ3) is 3.07. The lowest BCUT2D eigenvalue weighted by atomic mass is 10.1. The molecule has 0 spiro atoms. The van der Waals surface area contributed by atoms with Gasteiger partial charge >= 0.3 is 0 Å². The molecule has 0 amide bonds. The van der Waals surface area contributed by atoms with Crippen molar-refractivity contribution < 1.29 is 0 Å². The first kappa shape index (κ1) is 10.1. The largest absolute Gasteiger partial charge is 0.381 e. The first-order chi connectivity index (χ1) is 6.26. The minimum atomic E-state index is 0.340. The van der Waals surface area contributed by atoms with Crippen LogP contribution >= 0.6 is 0 Å². The molecule has 0 aromatic heterocycles. The van der Waals surface area contributed by atoms with Gasteiger partial charge in [0.15, 0.2) is 0 Å². The Morgan fingerprint density at radius 1 is 1.46 bits per heavy atom. The van der Waals surface area contributed by atoms with E-state index in [0.717, 1.165) is 12.1 Å². The van der Waals surface area contributed by atoms with Crippen LogP contribution in [0.3, 0.4) is 0 Å². The van der Waals surface area contributed by atoms with E-state index < -0.39 is 0 Å². The van der Waals surface area contributed by atoms with Gasteiger partial charge in [0.05, 0.1) is 0 Å². The van der Waals surface area contributed by atoms with E-state index in [1.54, 1.807) is 0 Å². The van der Waals surface area contributed by atoms with E-state index in [4.69, 9.17) is 5.73 Å². The Hall–Kier alpha value is -1.02. The van der Waals surface area contributed by atoms with Crippen molar-refractivity contribution in [2.75, 3.05) is 11.9 Å². The summed E-state index contributed by atoms with van der Waals surface area (Å²) in [6, 6.07) is 8.80. The van der Waals surface area contributed by atoms with E-state index in [0.29, 0.717) is 12.6 Å². The third-order valence-corrected chi connectivity index (χ3v) is 2.10. The monoisotopic (exact) mass is 178 g/mol. The van der Waals surface area contributed by atoms with E-state index >= 15 is 0 Å². The maximum Gasteiger partial charge on any atom is 0.0355 e. The zero-order valence-corrected chi connectivity index (χ0v) is 8.38. The summed E-state index contributed by atoms with van der Waals surface area (Å²) in [5, 5.41) is 3.34. The molecule has 0 aliphatic carbocycles. The lowest BCUT2D eigenvalue weighted by Crippen LogP contribution is -2.25. The normalized spacial score (nSPS) is 12.5. The molecule has 2 heteroatoms. The van der Waals surface area contributed by atoms with Gasteiger partial charge in [0.25, 0.3) is 0 Å². The van der Waals surface area contributed by atoms with Gasteiger partial charge in [-0.3, -0.25) is 0 Å². The molecule has 0 saturated carbocycles. The van der Waals surface area contributed by atoms with Gasteiger partial charge in [0.2, 0.25) is 0 Å². The van der Waals surface area contributed by atoms with Crippen molar-refractivity contribution in [3.8, 4) is 0 Å². The van der Waals surface area contributed by atoms with Gasteiger partial charge in [-0.2, -0.15) is 0 Å². The summed E-state index contributed by atoms with van der Waals surface area (Å²) in [6.07, 6.45) is 1.08. The minimum absolute atomic E-state index is 0.340. The van der Waals surface area contributed by atoms with Gasteiger partial charge in [-0.05, 0) is 31.0 Å². The molecule has 1 rings (SSSR count). The number of hydrogen-bond acceptors (Lipinski definition) is 2. The molecular weight excluding hydrogens is 160 g/mol. The highest BCUT2D eigenvalue weighted by Gasteiger charge is 1.98. The number of nitrogens with two attached hydrogens (primary N) is 1. The Balaban J connectivity index is 2.66. The van der Waals surface area contributed by atoms with E-state index in [1.807, 2.05) is 0 Å². The Labute approximate surface area is 80.1 Å². The van der Waals surface area contributed by atoms with E-state index in [9.17, 15) is 0 Å². The second-order valence-electron chi connectivity index (χ2n) is 3.34. The Morgan fingerprint density at radius 2 is 2.23 bits per heavy atom. The smallest absolute Gasteiger partial charge is 0.0355 e. The second kappa shape index (κ2) is 4.87. The number of rotatable bonds is 4. The Morgan fingerprint density at radius 3 is 2.85 bits per heavy atom. The Bertz CT molecular complexity index is 258. The summed E-state index contributed by atoms with van der Waals surface area (Å²) in [5.74, 6) is 0. The van der Waals surface area contributed by atoms with Crippen LogP contribution in [0.4, 0.5) is 5.69 Å². The average Bonchev–Trinajstić information content (AvgIpc) is 2.18. The molecule has 72 valence electrons. The van der Waals surface area contributed by atoms with Crippen LogP contribution in [0.5, 0.6) is 0 Å². The molecule has 1 aromatic rings. The van der Waals surface area contributed by atoms with Crippen LogP contribution in [0.25, 0.3) is 0 Å². The van der Waals surface area contributed by atoms with Gasteiger partial charge in [-0.15, -0.1) is 0 Å². The fourth-order valence-corrected chi connectivity index (χ4v) is 1.22. The summed E-state index contributed by atoms with van der Waals surface area (Å²) in [7, 11) is 0. The van der Waals surface area contributed by atoms with Crippen LogP contribution in [0.15, 0.2) is 24.3 Å². The zero-order valence-electron chi connectivity index (χ0n) is 8.38. The summed E-state index contributed by atoms with van der Waals surface area (Å²) in [4.78, 5) is 0. The minimum Gasteiger partial charge on any atom is -0.381 e. The molecule has 1 aromatic carbocycles. The maximum atomic E-state index is 5.53. The highest BCUT2D eigenvalue weighted by atomic mass is 14.9. The first-order valence-corrected chi connectivity index (χ1v) is 4.81. The average molecular weight is 178 g/mol. The first-order valence-electron chi connectivity index (χ1n) is 4.81. The number of benzene rings is 1. The van der Waals surface area contributed by atoms with Crippen molar-refractivity contribution in [1.29, 1.82) is 0 Å². The van der Waals surface area contributed by atoms with E-state index in [-0.39, 0.29) is 0 Å². The third-order valence-electron chi connectivity index (χ3n) is 2.10. The van der Waals surface area contributed by atoms with Crippen LogP contribution in [0.2, 0.25) is 0 Å². The van der Waals surface area contributed by atoms with Crippen molar-refractivity contribution >= 4 is 5.69 Å². The summed E-state index contributed by atoms with van der Waals surface area (Å²) < 4.78 is 0. The molecule has 1 unspecified atom stereocenters. The van der Waals surface area contributed by atoms with Crippen LogP contribution in [-0.4, -0.2) is 12.6 Å². The molecule has 0 radical (unpaired) electrons. The molecule has 1 atom stereocenters. The van der Waals surface area contributed by atoms with Crippen LogP contribution in [-0.2, 0) is 6.42 Å². The fraction of sp³-hybridized carbons (Fsp3) is 0.455. The highest BCUT2D eigenvalue weighted by Crippen LogP contribution is 2.11. The predicted octanol–water partition coefficient (Wildman–Crippen LogP) is 2.01. The molecule has 0 aliphatic rings. The SMILES string of the molecule is CCc1cccc(NC(C)CN)c1. The van der Waals surface area contributed by atoms with Crippen molar-refractivity contribution in [3.63, 3.8) is 0 Å². The van der Waals surface area contributed by atoms with Gasteiger partial charge in [-0.25, -0.2) is 0 Å². The lowest BCUT2D eigenvalue weighted by molar-refractivity contribution is 0.804. The molecule has 0 heterocycles. The quantitative estimate of drug-likeness (QED) is 0.740. The maximum absolute atomic E-state index is 5.53. The number of nitrogens with one attached hydrogen (secondary N) is 1. The van der Waals surface area contributed by atoms with Crippen LogP contribution in [0, 0.1) is 0 Å². The molecule has 0 fully saturated rings. The number of anilines is 1. The van der Waals surface area contributed by atoms with E-state index in [1.165, 1.54) is 5.56 Å². The van der Waals surface area contributed by atoms with Crippen molar-refractivity contribution in [1.82, 2.24) is 0 Å². The predicted molar refractivity (Wildman–Crippen MR) is 58.0 cm³/mol. The number of hydrogen-bond donors (Lipinski definition) is 2. The van der Waals surface area contributed by atoms with Gasteiger partial charge in [0, 0.05) is 18.3 Å².